The van der Waals surface area contributed by atoms with Crippen LogP contribution in [0.2, 0.25) is 10.0 Å². The van der Waals surface area contributed by atoms with Crippen LogP contribution >= 0.6 is 23.2 Å². The summed E-state index contributed by atoms with van der Waals surface area (Å²) >= 11 is 12.7. The quantitative estimate of drug-likeness (QED) is 0.162. The molecule has 13 heteroatoms. The zero-order valence-corrected chi connectivity index (χ0v) is 29.3. The van der Waals surface area contributed by atoms with E-state index < -0.39 is 76.5 Å². The number of amides is 4. The number of allylic oxidation sites excluding steroid dienone is 2. The number of aromatic hydroxyl groups is 1. The van der Waals surface area contributed by atoms with E-state index >= 15 is 4.79 Å². The van der Waals surface area contributed by atoms with Gasteiger partial charge in [0, 0.05) is 21.5 Å². The van der Waals surface area contributed by atoms with E-state index in [4.69, 9.17) is 23.2 Å². The maximum atomic E-state index is 15.3. The van der Waals surface area contributed by atoms with E-state index in [0.717, 1.165) is 33.6 Å². The number of benzene rings is 4. The first-order valence-corrected chi connectivity index (χ1v) is 17.6. The van der Waals surface area contributed by atoms with Crippen LogP contribution in [-0.2, 0) is 24.6 Å². The first-order chi connectivity index (χ1) is 25.2. The lowest BCUT2D eigenvalue weighted by molar-refractivity contribution is -0.274. The topological polar surface area (TPSA) is 104 Å². The van der Waals surface area contributed by atoms with E-state index in [-0.39, 0.29) is 34.8 Å². The summed E-state index contributed by atoms with van der Waals surface area (Å²) in [6.45, 7) is 1.79. The smallest absolute Gasteiger partial charge is 0.508 e. The number of ether oxygens (including phenoxy) is 1. The summed E-state index contributed by atoms with van der Waals surface area (Å²) < 4.78 is 45.0. The molecule has 4 aliphatic rings. The van der Waals surface area contributed by atoms with Gasteiger partial charge in [-0.25, -0.2) is 9.80 Å². The van der Waals surface area contributed by atoms with Crippen LogP contribution in [-0.4, -0.2) is 35.1 Å². The number of hydrogen-bond donors (Lipinski definition) is 1. The van der Waals surface area contributed by atoms with Crippen molar-refractivity contribution in [1.82, 2.24) is 0 Å². The first-order valence-electron chi connectivity index (χ1n) is 16.8. The van der Waals surface area contributed by atoms with Crippen LogP contribution in [0.5, 0.6) is 11.5 Å². The van der Waals surface area contributed by atoms with Crippen LogP contribution in [0.4, 0.5) is 24.5 Å². The van der Waals surface area contributed by atoms with Crippen LogP contribution in [0.15, 0.2) is 103 Å². The monoisotopic (exact) mass is 760 g/mol. The number of aryl methyl sites for hydroxylation is 1. The number of anilines is 2. The van der Waals surface area contributed by atoms with E-state index in [1.165, 1.54) is 12.1 Å². The fourth-order valence-corrected chi connectivity index (χ4v) is 9.38. The Morgan fingerprint density at radius 2 is 1.55 bits per heavy atom. The number of halogens is 5. The van der Waals surface area contributed by atoms with Gasteiger partial charge in [-0.05, 0) is 85.3 Å². The zero-order chi connectivity index (χ0) is 37.6. The van der Waals surface area contributed by atoms with Gasteiger partial charge in [0.05, 0.1) is 34.5 Å². The van der Waals surface area contributed by atoms with Gasteiger partial charge in [-0.3, -0.25) is 19.2 Å². The highest BCUT2D eigenvalue weighted by Crippen LogP contribution is 2.65. The second kappa shape index (κ2) is 12.5. The number of carbonyl (C=O) groups excluding carboxylic acids is 4. The summed E-state index contributed by atoms with van der Waals surface area (Å²) in [6.07, 6.45) is -3.34. The van der Waals surface area contributed by atoms with Crippen LogP contribution in [0, 0.1) is 30.6 Å². The molecule has 270 valence electrons. The van der Waals surface area contributed by atoms with Crippen LogP contribution in [0.1, 0.15) is 35.4 Å². The number of imide groups is 2. The van der Waals surface area contributed by atoms with E-state index in [1.807, 2.05) is 0 Å². The zero-order valence-electron chi connectivity index (χ0n) is 27.8. The van der Waals surface area contributed by atoms with Crippen LogP contribution < -0.4 is 14.5 Å². The Balaban J connectivity index is 1.37. The number of alkyl halides is 3. The molecule has 1 N–H and O–H groups in total. The van der Waals surface area contributed by atoms with Crippen molar-refractivity contribution in [2.24, 2.45) is 23.7 Å². The number of fused-ring (bicyclic) bond motifs is 4. The van der Waals surface area contributed by atoms with Gasteiger partial charge < -0.3 is 9.84 Å². The third-order valence-electron chi connectivity index (χ3n) is 11.1. The van der Waals surface area contributed by atoms with E-state index in [2.05, 4.69) is 4.74 Å². The van der Waals surface area contributed by atoms with Crippen molar-refractivity contribution in [1.29, 1.82) is 0 Å². The van der Waals surface area contributed by atoms with Crippen molar-refractivity contribution >= 4 is 58.2 Å². The van der Waals surface area contributed by atoms with Gasteiger partial charge in [0.25, 0.3) is 0 Å². The first kappa shape index (κ1) is 34.9. The van der Waals surface area contributed by atoms with Gasteiger partial charge in [0.2, 0.25) is 23.6 Å². The lowest BCUT2D eigenvalue weighted by atomic mass is 9.49. The second-order valence-electron chi connectivity index (χ2n) is 13.8. The molecule has 6 atom stereocenters. The fraction of sp³-hybridized carbons (Fsp3) is 0.250. The van der Waals surface area contributed by atoms with Crippen LogP contribution in [0.25, 0.3) is 0 Å². The predicted octanol–water partition coefficient (Wildman–Crippen LogP) is 8.27. The second-order valence-corrected chi connectivity index (χ2v) is 14.7. The number of hydrogen-bond acceptors (Lipinski definition) is 6. The maximum absolute atomic E-state index is 15.3. The van der Waals surface area contributed by atoms with Crippen molar-refractivity contribution in [3.05, 3.63) is 129 Å². The molecule has 6 unspecified atom stereocenters. The Morgan fingerprint density at radius 1 is 0.811 bits per heavy atom. The number of phenolic OH excluding ortho intramolecular Hbond substituents is 1. The highest BCUT2D eigenvalue weighted by molar-refractivity contribution is 6.33. The Labute approximate surface area is 311 Å². The molecule has 4 amide bonds. The fourth-order valence-electron chi connectivity index (χ4n) is 9.02. The molecule has 2 heterocycles. The highest BCUT2D eigenvalue weighted by Gasteiger charge is 2.70. The van der Waals surface area contributed by atoms with Gasteiger partial charge in [0.1, 0.15) is 11.5 Å². The molecule has 53 heavy (non-hydrogen) atoms. The highest BCUT2D eigenvalue weighted by atomic mass is 35.5. The number of rotatable bonds is 5. The van der Waals surface area contributed by atoms with Crippen molar-refractivity contribution in [3.63, 3.8) is 0 Å². The molecule has 2 aliphatic carbocycles. The Bertz CT molecular complexity index is 2260. The molecule has 2 saturated heterocycles. The van der Waals surface area contributed by atoms with Gasteiger partial charge in [0.15, 0.2) is 0 Å². The van der Waals surface area contributed by atoms with Gasteiger partial charge >= 0.3 is 6.36 Å². The van der Waals surface area contributed by atoms with E-state index in [9.17, 15) is 32.7 Å². The normalized spacial score (nSPS) is 26.7. The molecule has 3 fully saturated rings. The summed E-state index contributed by atoms with van der Waals surface area (Å²) in [6, 6.07) is 22.5. The Kier molecular flexibility index (Phi) is 8.23. The largest absolute Gasteiger partial charge is 0.573 e. The molecule has 0 bridgehead atoms. The third-order valence-corrected chi connectivity index (χ3v) is 11.8. The molecular weight excluding hydrogens is 732 g/mol. The average Bonchev–Trinajstić information content (AvgIpc) is 3.51. The summed E-state index contributed by atoms with van der Waals surface area (Å²) in [5.74, 6) is -8.50. The number of carbonyl (C=O) groups is 4. The molecule has 8 rings (SSSR count). The lowest BCUT2D eigenvalue weighted by Gasteiger charge is -2.50. The molecule has 8 nitrogen and oxygen atoms in total. The molecular formula is C40H29Cl2F3N2O6. The lowest BCUT2D eigenvalue weighted by Crippen LogP contribution is -2.53. The van der Waals surface area contributed by atoms with Crippen molar-refractivity contribution in [3.8, 4) is 11.5 Å². The van der Waals surface area contributed by atoms with E-state index in [0.29, 0.717) is 16.2 Å². The molecule has 0 aromatic heterocycles. The molecule has 0 radical (unpaired) electrons. The Morgan fingerprint density at radius 3 is 2.25 bits per heavy atom. The molecule has 4 aromatic carbocycles. The van der Waals surface area contributed by atoms with Crippen molar-refractivity contribution in [2.75, 3.05) is 9.80 Å². The standard InChI is InChI=1S/C40H29Cl2F3N2O6/c1-20-10-11-24(17-31(20)42)46-35(49)27-14-13-26-28(33(27)37(46)51)19-30-36(50)47(23-9-5-8-22(41)16-23)38(52)39(30,21-6-3-2-4-7-21)34(26)29-18-25(12-15-32(29)48)53-40(43,44)45/h2-13,15-18,27-28,30,33-34,48H,14,19H2,1H3. The predicted molar refractivity (Wildman–Crippen MR) is 190 cm³/mol. The summed E-state index contributed by atoms with van der Waals surface area (Å²) in [5, 5.41) is 12.1. The molecule has 2 aliphatic heterocycles. The van der Waals surface area contributed by atoms with E-state index in [1.54, 1.807) is 73.7 Å². The number of phenols is 1. The van der Waals surface area contributed by atoms with Gasteiger partial charge in [-0.2, -0.15) is 0 Å². The minimum atomic E-state index is -5.08. The van der Waals surface area contributed by atoms with Gasteiger partial charge in [-0.1, -0.05) is 77.3 Å². The Hall–Kier alpha value is -5.13. The minimum Gasteiger partial charge on any atom is -0.508 e. The minimum absolute atomic E-state index is 0.0545. The van der Waals surface area contributed by atoms with Crippen LogP contribution in [0.3, 0.4) is 0 Å². The molecule has 0 spiro atoms. The van der Waals surface area contributed by atoms with Crippen molar-refractivity contribution < 1.29 is 42.2 Å². The van der Waals surface area contributed by atoms with Gasteiger partial charge in [-0.15, -0.1) is 13.2 Å². The summed E-state index contributed by atoms with van der Waals surface area (Å²) in [7, 11) is 0. The molecule has 4 aromatic rings. The third kappa shape index (κ3) is 5.35. The summed E-state index contributed by atoms with van der Waals surface area (Å²) in [5.41, 5.74) is 0.108. The molecule has 1 saturated carbocycles. The number of nitrogens with zero attached hydrogens (tertiary/aromatic N) is 2. The summed E-state index contributed by atoms with van der Waals surface area (Å²) in [4.78, 5) is 60.8. The average molecular weight is 762 g/mol. The SMILES string of the molecule is Cc1ccc(N2C(=O)C3CC=C4C(CC5C(=O)N(c6cccc(Cl)c6)C(=O)C5(c5ccccc5)C4c4cc(OC(F)(F)F)ccc4O)C3C2=O)cc1Cl. The maximum Gasteiger partial charge on any atom is 0.573 e. The van der Waals surface area contributed by atoms with Crippen molar-refractivity contribution in [2.45, 2.75) is 37.5 Å².